The van der Waals surface area contributed by atoms with E-state index in [2.05, 4.69) is 16.0 Å². The summed E-state index contributed by atoms with van der Waals surface area (Å²) in [5.74, 6) is -2.87. The van der Waals surface area contributed by atoms with Gasteiger partial charge in [-0.1, -0.05) is 77.3 Å². The van der Waals surface area contributed by atoms with Gasteiger partial charge in [-0.05, 0) is 35.7 Å². The second-order valence-corrected chi connectivity index (χ2v) is 12.8. The molecule has 12 heteroatoms. The van der Waals surface area contributed by atoms with E-state index in [1.165, 1.54) is 4.90 Å². The lowest BCUT2D eigenvalue weighted by Crippen LogP contribution is -2.59. The lowest BCUT2D eigenvalue weighted by atomic mass is 9.80. The van der Waals surface area contributed by atoms with Gasteiger partial charge in [-0.15, -0.1) is 0 Å². The summed E-state index contributed by atoms with van der Waals surface area (Å²) >= 11 is 0. The lowest BCUT2D eigenvalue weighted by Gasteiger charge is -2.36. The molecule has 1 saturated carbocycles. The van der Waals surface area contributed by atoms with Gasteiger partial charge in [0.15, 0.2) is 0 Å². The summed E-state index contributed by atoms with van der Waals surface area (Å²) in [5.41, 5.74) is 5.25. The maximum Gasteiger partial charge on any atom is 0.325 e. The highest BCUT2D eigenvalue weighted by molar-refractivity contribution is 6.35. The van der Waals surface area contributed by atoms with E-state index in [1.54, 1.807) is 20.8 Å². The number of amides is 5. The quantitative estimate of drug-likeness (QED) is 0.197. The summed E-state index contributed by atoms with van der Waals surface area (Å²) in [7, 11) is 0. The van der Waals surface area contributed by atoms with E-state index in [0.717, 1.165) is 24.8 Å². The van der Waals surface area contributed by atoms with Gasteiger partial charge in [-0.25, -0.2) is 4.79 Å². The van der Waals surface area contributed by atoms with Crippen LogP contribution >= 0.6 is 0 Å². The molecule has 0 aromatic heterocycles. The first kappa shape index (κ1) is 33.5. The summed E-state index contributed by atoms with van der Waals surface area (Å²) in [6.07, 6.45) is 3.85. The number of likely N-dealkylation sites (tertiary alicyclic amines) is 1. The number of nitrogens with two attached hydrogens (primary N) is 1. The Kier molecular flexibility index (Phi) is 11.7. The van der Waals surface area contributed by atoms with E-state index >= 15 is 0 Å². The average molecular weight is 600 g/mol. The van der Waals surface area contributed by atoms with Crippen molar-refractivity contribution in [2.24, 2.45) is 23.0 Å². The van der Waals surface area contributed by atoms with Crippen LogP contribution in [0.1, 0.15) is 71.8 Å². The van der Waals surface area contributed by atoms with E-state index in [9.17, 15) is 28.8 Å². The number of ether oxygens (including phenoxy) is 1. The third-order valence-electron chi connectivity index (χ3n) is 8.02. The molecule has 2 aliphatic rings. The van der Waals surface area contributed by atoms with E-state index < -0.39 is 59.0 Å². The van der Waals surface area contributed by atoms with Crippen molar-refractivity contribution in [3.63, 3.8) is 0 Å². The predicted molar refractivity (Wildman–Crippen MR) is 158 cm³/mol. The Labute approximate surface area is 252 Å². The summed E-state index contributed by atoms with van der Waals surface area (Å²) in [6.45, 7) is 7.31. The molecule has 5 N–H and O–H groups in total. The molecule has 43 heavy (non-hydrogen) atoms. The highest BCUT2D eigenvalue weighted by Crippen LogP contribution is 2.32. The number of benzene rings is 1. The van der Waals surface area contributed by atoms with Crippen LogP contribution in [0, 0.1) is 17.3 Å². The van der Waals surface area contributed by atoms with Gasteiger partial charge in [-0.3, -0.25) is 24.0 Å². The number of carbonyl (C=O) groups is 6. The molecule has 0 bridgehead atoms. The molecule has 4 unspecified atom stereocenters. The summed E-state index contributed by atoms with van der Waals surface area (Å²) in [5, 5.41) is 8.04. The molecular formula is C31H45N5O7. The van der Waals surface area contributed by atoms with Crippen molar-refractivity contribution in [1.82, 2.24) is 20.9 Å². The van der Waals surface area contributed by atoms with Crippen molar-refractivity contribution in [2.45, 2.75) is 91.0 Å². The Morgan fingerprint density at radius 2 is 1.72 bits per heavy atom. The van der Waals surface area contributed by atoms with Gasteiger partial charge in [0.05, 0.1) is 0 Å². The topological polar surface area (TPSA) is 177 Å². The highest BCUT2D eigenvalue weighted by atomic mass is 16.5. The van der Waals surface area contributed by atoms with Crippen LogP contribution in [0.5, 0.6) is 0 Å². The number of esters is 1. The third kappa shape index (κ3) is 10.1. The lowest BCUT2D eigenvalue weighted by molar-refractivity contribution is -0.143. The van der Waals surface area contributed by atoms with Gasteiger partial charge >= 0.3 is 12.0 Å². The second kappa shape index (κ2) is 15.0. The van der Waals surface area contributed by atoms with Crippen molar-refractivity contribution < 1.29 is 33.5 Å². The van der Waals surface area contributed by atoms with Crippen LogP contribution in [0.4, 0.5) is 4.79 Å². The molecule has 12 nitrogen and oxygen atoms in total. The van der Waals surface area contributed by atoms with Crippen molar-refractivity contribution >= 4 is 35.5 Å². The summed E-state index contributed by atoms with van der Waals surface area (Å²) < 4.78 is 5.19. The minimum Gasteiger partial charge on any atom is -0.460 e. The first-order valence-corrected chi connectivity index (χ1v) is 14.9. The molecule has 1 aliphatic carbocycles. The Bertz CT molecular complexity index is 1180. The molecule has 0 radical (unpaired) electrons. The zero-order valence-corrected chi connectivity index (χ0v) is 25.5. The van der Waals surface area contributed by atoms with E-state index in [0.29, 0.717) is 25.3 Å². The maximum absolute atomic E-state index is 13.9. The zero-order valence-electron chi connectivity index (χ0n) is 25.5. The fraction of sp³-hybridized carbons (Fsp3) is 0.613. The highest BCUT2D eigenvalue weighted by Gasteiger charge is 2.44. The molecule has 1 saturated heterocycles. The first-order chi connectivity index (χ1) is 20.2. The smallest absolute Gasteiger partial charge is 0.325 e. The number of hydrogen-bond acceptors (Lipinski definition) is 7. The van der Waals surface area contributed by atoms with Crippen LogP contribution in [-0.4, -0.2) is 71.6 Å². The summed E-state index contributed by atoms with van der Waals surface area (Å²) in [6, 6.07) is 6.04. The standard InChI is InChI=1S/C31H45N5O7/c1-19-13-23(28(40)34-22(14-20-11-8-12-20)15-24(37)27(32)39)36(17-19)29(41)26(31(2,3)4)35-30(42)33-16-25(38)43-18-21-9-6-5-7-10-21/h5-7,9-10,19-20,22-23,26H,8,11-18H2,1-4H3,(H2,32,39)(H,34,40)(H2,33,35,42). The molecule has 5 amide bonds. The van der Waals surface area contributed by atoms with Crippen molar-refractivity contribution in [3.8, 4) is 0 Å². The number of ketones is 1. The molecule has 4 atom stereocenters. The Morgan fingerprint density at radius 3 is 2.30 bits per heavy atom. The first-order valence-electron chi connectivity index (χ1n) is 14.9. The summed E-state index contributed by atoms with van der Waals surface area (Å²) in [4.78, 5) is 77.3. The van der Waals surface area contributed by atoms with Gasteiger partial charge in [-0.2, -0.15) is 0 Å². The van der Waals surface area contributed by atoms with Gasteiger partial charge < -0.3 is 31.3 Å². The molecular weight excluding hydrogens is 554 g/mol. The normalized spacial score (nSPS) is 19.9. The number of carbonyl (C=O) groups excluding carboxylic acids is 6. The Balaban J connectivity index is 1.62. The number of Topliss-reactive ketones (excluding diaryl/α,β-unsaturated/α-hetero) is 1. The van der Waals surface area contributed by atoms with Crippen LogP contribution in [-0.2, 0) is 35.3 Å². The van der Waals surface area contributed by atoms with Gasteiger partial charge in [0.25, 0.3) is 5.91 Å². The SMILES string of the molecule is CC1CC(C(=O)NC(CC(=O)C(N)=O)CC2CCC2)N(C(=O)C(NC(=O)NCC(=O)OCc2ccccc2)C(C)(C)C)C1. The van der Waals surface area contributed by atoms with E-state index in [-0.39, 0.29) is 25.5 Å². The monoisotopic (exact) mass is 599 g/mol. The van der Waals surface area contributed by atoms with Crippen LogP contribution in [0.2, 0.25) is 0 Å². The predicted octanol–water partition coefficient (Wildman–Crippen LogP) is 1.80. The van der Waals surface area contributed by atoms with Crippen LogP contribution in [0.15, 0.2) is 30.3 Å². The van der Waals surface area contributed by atoms with Crippen molar-refractivity contribution in [2.75, 3.05) is 13.1 Å². The molecule has 236 valence electrons. The van der Waals surface area contributed by atoms with E-state index in [4.69, 9.17) is 10.5 Å². The van der Waals surface area contributed by atoms with Crippen molar-refractivity contribution in [1.29, 1.82) is 0 Å². The van der Waals surface area contributed by atoms with E-state index in [1.807, 2.05) is 37.3 Å². The number of primary amides is 1. The molecule has 1 aliphatic heterocycles. The van der Waals surface area contributed by atoms with Gasteiger partial charge in [0.2, 0.25) is 17.6 Å². The largest absolute Gasteiger partial charge is 0.460 e. The van der Waals surface area contributed by atoms with Crippen LogP contribution in [0.3, 0.4) is 0 Å². The maximum atomic E-state index is 13.9. The Morgan fingerprint density at radius 1 is 1.05 bits per heavy atom. The Hall–Kier alpha value is -3.96. The molecule has 2 fully saturated rings. The molecule has 1 heterocycles. The van der Waals surface area contributed by atoms with Gasteiger partial charge in [0, 0.05) is 19.0 Å². The second-order valence-electron chi connectivity index (χ2n) is 12.8. The average Bonchev–Trinajstić information content (AvgIpc) is 3.32. The minimum absolute atomic E-state index is 0.0193. The van der Waals surface area contributed by atoms with Gasteiger partial charge in [0.1, 0.15) is 25.2 Å². The van der Waals surface area contributed by atoms with Crippen LogP contribution in [0.25, 0.3) is 0 Å². The van der Waals surface area contributed by atoms with Crippen molar-refractivity contribution in [3.05, 3.63) is 35.9 Å². The number of hydrogen-bond donors (Lipinski definition) is 4. The number of rotatable bonds is 13. The number of nitrogens with one attached hydrogen (secondary N) is 3. The number of urea groups is 1. The fourth-order valence-corrected chi connectivity index (χ4v) is 5.42. The molecule has 0 spiro atoms. The third-order valence-corrected chi connectivity index (χ3v) is 8.02. The molecule has 1 aromatic carbocycles. The zero-order chi connectivity index (χ0) is 31.7. The molecule has 1 aromatic rings. The number of nitrogens with zero attached hydrogens (tertiary/aromatic N) is 1. The van der Waals surface area contributed by atoms with Crippen LogP contribution < -0.4 is 21.7 Å². The fourth-order valence-electron chi connectivity index (χ4n) is 5.42. The minimum atomic E-state index is -1.04. The molecule has 3 rings (SSSR count).